The number of fused-ring (bicyclic) bond motifs is 1. The molecule has 0 aliphatic carbocycles. The molecule has 0 bridgehead atoms. The van der Waals surface area contributed by atoms with Crippen LogP contribution in [0.1, 0.15) is 34.0 Å². The second kappa shape index (κ2) is 8.43. The van der Waals surface area contributed by atoms with Crippen LogP contribution in [-0.2, 0) is 16.6 Å². The van der Waals surface area contributed by atoms with Gasteiger partial charge >= 0.3 is 0 Å². The van der Waals surface area contributed by atoms with Gasteiger partial charge in [-0.2, -0.15) is 0 Å². The van der Waals surface area contributed by atoms with Gasteiger partial charge in [0.05, 0.1) is 10.9 Å². The summed E-state index contributed by atoms with van der Waals surface area (Å²) in [7, 11) is -3.73. The van der Waals surface area contributed by atoms with E-state index in [2.05, 4.69) is 10.0 Å². The van der Waals surface area contributed by atoms with Gasteiger partial charge in [-0.3, -0.25) is 4.79 Å². The normalized spacial score (nSPS) is 12.7. The second-order valence-electron chi connectivity index (χ2n) is 6.81. The molecule has 0 fully saturated rings. The Morgan fingerprint density at radius 2 is 1.90 bits per heavy atom. The van der Waals surface area contributed by atoms with Gasteiger partial charge in [-0.15, -0.1) is 11.3 Å². The van der Waals surface area contributed by atoms with E-state index in [1.54, 1.807) is 12.1 Å². The van der Waals surface area contributed by atoms with Gasteiger partial charge in [0.1, 0.15) is 11.3 Å². The highest BCUT2D eigenvalue weighted by Crippen LogP contribution is 2.24. The summed E-state index contributed by atoms with van der Waals surface area (Å²) >= 11 is 1.47. The van der Waals surface area contributed by atoms with Crippen molar-refractivity contribution in [2.45, 2.75) is 24.4 Å². The first-order chi connectivity index (χ1) is 14.4. The van der Waals surface area contributed by atoms with Crippen LogP contribution in [0.3, 0.4) is 0 Å². The smallest absolute Gasteiger partial charge is 0.251 e. The predicted molar refractivity (Wildman–Crippen MR) is 117 cm³/mol. The molecule has 6 nitrogen and oxygen atoms in total. The van der Waals surface area contributed by atoms with Gasteiger partial charge in [0.2, 0.25) is 10.0 Å². The minimum atomic E-state index is -3.73. The Hall–Kier alpha value is -2.94. The molecule has 30 heavy (non-hydrogen) atoms. The molecule has 1 atom stereocenters. The molecule has 0 aliphatic rings. The molecule has 0 saturated heterocycles. The number of thiophene rings is 1. The van der Waals surface area contributed by atoms with Crippen molar-refractivity contribution in [3.05, 3.63) is 88.3 Å². The summed E-state index contributed by atoms with van der Waals surface area (Å²) in [5.74, 6) is 0.254. The van der Waals surface area contributed by atoms with E-state index in [0.29, 0.717) is 5.76 Å². The van der Waals surface area contributed by atoms with E-state index in [1.807, 2.05) is 54.8 Å². The maximum absolute atomic E-state index is 12.7. The maximum atomic E-state index is 12.7. The fourth-order valence-corrected chi connectivity index (χ4v) is 4.82. The van der Waals surface area contributed by atoms with Crippen molar-refractivity contribution in [3.8, 4) is 0 Å². The zero-order valence-electron chi connectivity index (χ0n) is 16.2. The fraction of sp³-hybridized carbons (Fsp3) is 0.136. The molecule has 0 radical (unpaired) electrons. The number of nitrogens with one attached hydrogen (secondary N) is 2. The van der Waals surface area contributed by atoms with Gasteiger partial charge in [-0.25, -0.2) is 13.1 Å². The van der Waals surface area contributed by atoms with Crippen molar-refractivity contribution in [2.75, 3.05) is 0 Å². The van der Waals surface area contributed by atoms with Crippen LogP contribution in [0.15, 0.2) is 81.4 Å². The molecule has 0 spiro atoms. The van der Waals surface area contributed by atoms with Crippen LogP contribution in [0.2, 0.25) is 0 Å². The van der Waals surface area contributed by atoms with E-state index in [9.17, 15) is 13.2 Å². The average molecular weight is 441 g/mol. The van der Waals surface area contributed by atoms with Crippen LogP contribution in [-0.4, -0.2) is 14.3 Å². The molecule has 2 N–H and O–H groups in total. The molecule has 154 valence electrons. The van der Waals surface area contributed by atoms with E-state index in [1.165, 1.54) is 23.5 Å². The Morgan fingerprint density at radius 3 is 2.67 bits per heavy atom. The van der Waals surface area contributed by atoms with Gasteiger partial charge in [0.15, 0.2) is 0 Å². The van der Waals surface area contributed by atoms with Crippen LogP contribution in [0.5, 0.6) is 0 Å². The van der Waals surface area contributed by atoms with Gasteiger partial charge < -0.3 is 9.73 Å². The Labute approximate surface area is 178 Å². The molecular weight excluding hydrogens is 420 g/mol. The Kier molecular flexibility index (Phi) is 5.72. The lowest BCUT2D eigenvalue weighted by Gasteiger charge is -2.12. The number of carbonyl (C=O) groups excluding carboxylic acids is 1. The van der Waals surface area contributed by atoms with Crippen LogP contribution in [0, 0.1) is 0 Å². The number of rotatable bonds is 7. The molecule has 0 aliphatic heterocycles. The molecule has 2 heterocycles. The van der Waals surface area contributed by atoms with Crippen molar-refractivity contribution in [3.63, 3.8) is 0 Å². The monoisotopic (exact) mass is 440 g/mol. The quantitative estimate of drug-likeness (QED) is 0.444. The van der Waals surface area contributed by atoms with E-state index < -0.39 is 10.0 Å². The topological polar surface area (TPSA) is 88.4 Å². The van der Waals surface area contributed by atoms with E-state index in [0.717, 1.165) is 15.8 Å². The predicted octanol–water partition coefficient (Wildman–Crippen LogP) is 4.46. The first-order valence-corrected chi connectivity index (χ1v) is 11.7. The molecule has 8 heteroatoms. The standard InChI is InChI=1S/C22H20N2O4S2/c1-15(21-13-16-6-2-3-10-20(16)28-21)24-22(25)17-7-4-9-19(12-17)30(26,27)23-14-18-8-5-11-29-18/h2-13,15,23H,14H2,1H3,(H,24,25)/t15-/m1/s1. The lowest BCUT2D eigenvalue weighted by Crippen LogP contribution is -2.27. The van der Waals surface area contributed by atoms with Crippen molar-refractivity contribution >= 4 is 38.2 Å². The number of hydrogen-bond donors (Lipinski definition) is 2. The van der Waals surface area contributed by atoms with Crippen LogP contribution in [0.4, 0.5) is 0 Å². The molecule has 0 unspecified atom stereocenters. The molecule has 2 aromatic carbocycles. The summed E-state index contributed by atoms with van der Waals surface area (Å²) in [5, 5.41) is 5.70. The van der Waals surface area contributed by atoms with Crippen LogP contribution in [0.25, 0.3) is 11.0 Å². The summed E-state index contributed by atoms with van der Waals surface area (Å²) in [4.78, 5) is 13.7. The highest BCUT2D eigenvalue weighted by molar-refractivity contribution is 7.89. The minimum Gasteiger partial charge on any atom is -0.459 e. The summed E-state index contributed by atoms with van der Waals surface area (Å²) in [6, 6.07) is 18.8. The van der Waals surface area contributed by atoms with Gasteiger partial charge in [0, 0.05) is 22.4 Å². The lowest BCUT2D eigenvalue weighted by atomic mass is 10.1. The van der Waals surface area contributed by atoms with Crippen molar-refractivity contribution in [2.24, 2.45) is 0 Å². The summed E-state index contributed by atoms with van der Waals surface area (Å²) in [5.41, 5.74) is 1.01. The Morgan fingerprint density at radius 1 is 1.07 bits per heavy atom. The SMILES string of the molecule is C[C@@H](NC(=O)c1cccc(S(=O)(=O)NCc2cccs2)c1)c1cc2ccccc2o1. The second-order valence-corrected chi connectivity index (χ2v) is 9.61. The lowest BCUT2D eigenvalue weighted by molar-refractivity contribution is 0.0935. The number of amides is 1. The van der Waals surface area contributed by atoms with Gasteiger partial charge in [-0.1, -0.05) is 30.3 Å². The number of sulfonamides is 1. The van der Waals surface area contributed by atoms with Crippen LogP contribution < -0.4 is 10.0 Å². The third kappa shape index (κ3) is 4.46. The maximum Gasteiger partial charge on any atom is 0.251 e. The fourth-order valence-electron chi connectivity index (χ4n) is 3.03. The van der Waals surface area contributed by atoms with E-state index in [-0.39, 0.29) is 29.0 Å². The summed E-state index contributed by atoms with van der Waals surface area (Å²) in [6.45, 7) is 2.03. The van der Waals surface area contributed by atoms with Gasteiger partial charge in [0.25, 0.3) is 5.91 Å². The third-order valence-electron chi connectivity index (χ3n) is 4.64. The number of benzene rings is 2. The van der Waals surface area contributed by atoms with E-state index in [4.69, 9.17) is 4.42 Å². The van der Waals surface area contributed by atoms with Gasteiger partial charge in [-0.05, 0) is 48.7 Å². The van der Waals surface area contributed by atoms with Crippen LogP contribution >= 0.6 is 11.3 Å². The van der Waals surface area contributed by atoms with E-state index >= 15 is 0 Å². The zero-order valence-corrected chi connectivity index (χ0v) is 17.8. The Balaban J connectivity index is 1.47. The summed E-state index contributed by atoms with van der Waals surface area (Å²) < 4.78 is 33.5. The largest absolute Gasteiger partial charge is 0.459 e. The number of furan rings is 1. The van der Waals surface area contributed by atoms with Crippen molar-refractivity contribution < 1.29 is 17.6 Å². The molecular formula is C22H20N2O4S2. The average Bonchev–Trinajstić information content (AvgIpc) is 3.42. The third-order valence-corrected chi connectivity index (χ3v) is 6.92. The van der Waals surface area contributed by atoms with Crippen molar-refractivity contribution in [1.29, 1.82) is 0 Å². The zero-order chi connectivity index (χ0) is 21.1. The number of para-hydroxylation sites is 1. The highest BCUT2D eigenvalue weighted by Gasteiger charge is 2.19. The highest BCUT2D eigenvalue weighted by atomic mass is 32.2. The molecule has 0 saturated carbocycles. The molecule has 2 aromatic heterocycles. The van der Waals surface area contributed by atoms with Crippen molar-refractivity contribution in [1.82, 2.24) is 10.0 Å². The summed E-state index contributed by atoms with van der Waals surface area (Å²) in [6.07, 6.45) is 0. The molecule has 4 aromatic rings. The molecule has 4 rings (SSSR count). The minimum absolute atomic E-state index is 0.0445. The molecule has 1 amide bonds. The number of carbonyl (C=O) groups is 1. The first-order valence-electron chi connectivity index (χ1n) is 9.34. The Bertz CT molecular complexity index is 1240. The first kappa shape index (κ1) is 20.3. The number of hydrogen-bond acceptors (Lipinski definition) is 5.